The lowest BCUT2D eigenvalue weighted by atomic mass is 9.84. The van der Waals surface area contributed by atoms with Gasteiger partial charge in [0.25, 0.3) is 0 Å². The number of hydrogen-bond acceptors (Lipinski definition) is 3. The number of ether oxygens (including phenoxy) is 1. The molecule has 1 aliphatic heterocycles. The largest absolute Gasteiger partial charge is 0.375 e. The molecule has 1 fully saturated rings. The molecule has 116 valence electrons. The topological polar surface area (TPSA) is 50.4 Å². The summed E-state index contributed by atoms with van der Waals surface area (Å²) in [7, 11) is 0. The fourth-order valence-corrected chi connectivity index (χ4v) is 2.55. The van der Waals surface area contributed by atoms with Crippen molar-refractivity contribution in [2.24, 2.45) is 0 Å². The van der Waals surface area contributed by atoms with Crippen LogP contribution >= 0.6 is 0 Å². The van der Waals surface area contributed by atoms with Gasteiger partial charge in [-0.1, -0.05) is 32.0 Å². The molecule has 1 aromatic rings. The van der Waals surface area contributed by atoms with Gasteiger partial charge in [0.05, 0.1) is 12.7 Å². The number of carbonyl (C=O) groups is 1. The number of hydrogen-bond donors (Lipinski definition) is 2. The molecule has 1 heterocycles. The molecule has 2 N–H and O–H groups in total. The third-order valence-electron chi connectivity index (χ3n) is 3.91. The van der Waals surface area contributed by atoms with E-state index < -0.39 is 5.41 Å². The minimum absolute atomic E-state index is 0.105. The van der Waals surface area contributed by atoms with Crippen molar-refractivity contribution in [3.05, 3.63) is 35.6 Å². The summed E-state index contributed by atoms with van der Waals surface area (Å²) in [6, 6.07) is 6.32. The van der Waals surface area contributed by atoms with Gasteiger partial charge in [0.1, 0.15) is 11.9 Å². The molecular formula is C16H23FN2O2. The van der Waals surface area contributed by atoms with Crippen LogP contribution in [-0.4, -0.2) is 37.7 Å². The van der Waals surface area contributed by atoms with Crippen LogP contribution in [0.1, 0.15) is 26.3 Å². The highest BCUT2D eigenvalue weighted by molar-refractivity contribution is 5.82. The second-order valence-electron chi connectivity index (χ2n) is 6.09. The Morgan fingerprint density at radius 1 is 1.48 bits per heavy atom. The number of benzene rings is 1. The van der Waals surface area contributed by atoms with E-state index in [1.54, 1.807) is 18.2 Å². The van der Waals surface area contributed by atoms with E-state index in [2.05, 4.69) is 10.6 Å². The minimum atomic E-state index is -0.472. The van der Waals surface area contributed by atoms with Crippen LogP contribution in [0.15, 0.2) is 24.3 Å². The average molecular weight is 294 g/mol. The summed E-state index contributed by atoms with van der Waals surface area (Å²) in [5, 5.41) is 6.05. The lowest BCUT2D eigenvalue weighted by Gasteiger charge is -2.31. The first-order valence-electron chi connectivity index (χ1n) is 7.29. The predicted octanol–water partition coefficient (Wildman–Crippen LogP) is 1.60. The summed E-state index contributed by atoms with van der Waals surface area (Å²) in [5.41, 5.74) is 0.131. The molecule has 1 aliphatic rings. The van der Waals surface area contributed by atoms with Crippen LogP contribution in [0.2, 0.25) is 0 Å². The van der Waals surface area contributed by atoms with Gasteiger partial charge < -0.3 is 15.4 Å². The smallest absolute Gasteiger partial charge is 0.239 e. The predicted molar refractivity (Wildman–Crippen MR) is 79.6 cm³/mol. The molecule has 21 heavy (non-hydrogen) atoms. The molecule has 0 unspecified atom stereocenters. The fourth-order valence-electron chi connectivity index (χ4n) is 2.55. The summed E-state index contributed by atoms with van der Waals surface area (Å²) in [6.07, 6.45) is -0.157. The van der Waals surface area contributed by atoms with Crippen molar-refractivity contribution >= 4 is 5.91 Å². The van der Waals surface area contributed by atoms with E-state index in [0.717, 1.165) is 0 Å². The second-order valence-corrected chi connectivity index (χ2v) is 6.09. The van der Waals surface area contributed by atoms with Gasteiger partial charge in [-0.3, -0.25) is 4.79 Å². The Bertz CT molecular complexity index is 505. The first kappa shape index (κ1) is 15.9. The SMILES string of the molecule is C[C@H]1OCCN[C@@H]1C(=O)NCC(C)(C)c1ccccc1F. The van der Waals surface area contributed by atoms with Crippen LogP contribution in [0.3, 0.4) is 0 Å². The van der Waals surface area contributed by atoms with Crippen LogP contribution in [0.5, 0.6) is 0 Å². The van der Waals surface area contributed by atoms with Gasteiger partial charge >= 0.3 is 0 Å². The lowest BCUT2D eigenvalue weighted by molar-refractivity contribution is -0.129. The van der Waals surface area contributed by atoms with Crippen molar-refractivity contribution < 1.29 is 13.9 Å². The molecule has 0 spiro atoms. The molecule has 0 radical (unpaired) electrons. The summed E-state index contributed by atoms with van der Waals surface area (Å²) in [5.74, 6) is -0.351. The molecule has 1 saturated heterocycles. The van der Waals surface area contributed by atoms with Crippen molar-refractivity contribution in [1.82, 2.24) is 10.6 Å². The van der Waals surface area contributed by atoms with E-state index in [0.29, 0.717) is 25.3 Å². The Labute approximate surface area is 125 Å². The van der Waals surface area contributed by atoms with Gasteiger partial charge in [0, 0.05) is 18.5 Å². The molecule has 0 aromatic heterocycles. The third kappa shape index (κ3) is 3.80. The maximum Gasteiger partial charge on any atom is 0.239 e. The summed E-state index contributed by atoms with van der Waals surface area (Å²) in [4.78, 5) is 12.2. The number of halogens is 1. The van der Waals surface area contributed by atoms with E-state index in [1.807, 2.05) is 20.8 Å². The van der Waals surface area contributed by atoms with Crippen molar-refractivity contribution in [1.29, 1.82) is 0 Å². The molecular weight excluding hydrogens is 271 g/mol. The Morgan fingerprint density at radius 3 is 2.86 bits per heavy atom. The Balaban J connectivity index is 1.98. The zero-order valence-electron chi connectivity index (χ0n) is 12.8. The van der Waals surface area contributed by atoms with E-state index in [-0.39, 0.29) is 23.9 Å². The quantitative estimate of drug-likeness (QED) is 0.887. The lowest BCUT2D eigenvalue weighted by Crippen LogP contribution is -2.56. The van der Waals surface area contributed by atoms with Crippen molar-refractivity contribution in [3.63, 3.8) is 0 Å². The number of nitrogens with one attached hydrogen (secondary N) is 2. The van der Waals surface area contributed by atoms with Crippen molar-refractivity contribution in [2.45, 2.75) is 38.3 Å². The van der Waals surface area contributed by atoms with Gasteiger partial charge in [0.2, 0.25) is 5.91 Å². The molecule has 0 saturated carbocycles. The minimum Gasteiger partial charge on any atom is -0.375 e. The number of rotatable bonds is 4. The van der Waals surface area contributed by atoms with Crippen LogP contribution in [-0.2, 0) is 14.9 Å². The molecule has 4 nitrogen and oxygen atoms in total. The zero-order valence-corrected chi connectivity index (χ0v) is 12.8. The first-order valence-corrected chi connectivity index (χ1v) is 7.29. The highest BCUT2D eigenvalue weighted by Gasteiger charge is 2.30. The summed E-state index contributed by atoms with van der Waals surface area (Å²) < 4.78 is 19.3. The highest BCUT2D eigenvalue weighted by Crippen LogP contribution is 2.24. The second kappa shape index (κ2) is 6.54. The van der Waals surface area contributed by atoms with Gasteiger partial charge in [-0.05, 0) is 18.6 Å². The maximum absolute atomic E-state index is 13.9. The van der Waals surface area contributed by atoms with E-state index in [4.69, 9.17) is 4.74 Å². The van der Waals surface area contributed by atoms with Crippen molar-refractivity contribution in [2.75, 3.05) is 19.7 Å². The standard InChI is InChI=1S/C16H23FN2O2/c1-11-14(18-8-9-21-11)15(20)19-10-16(2,3)12-6-4-5-7-13(12)17/h4-7,11,14,18H,8-10H2,1-3H3,(H,19,20)/t11-,14+/m1/s1. The Morgan fingerprint density at radius 2 is 2.19 bits per heavy atom. The maximum atomic E-state index is 13.9. The van der Waals surface area contributed by atoms with Crippen LogP contribution in [0.4, 0.5) is 4.39 Å². The summed E-state index contributed by atoms with van der Waals surface area (Å²) in [6.45, 7) is 7.36. The zero-order chi connectivity index (χ0) is 15.5. The van der Waals surface area contributed by atoms with Gasteiger partial charge in [-0.2, -0.15) is 0 Å². The number of amides is 1. The average Bonchev–Trinajstić information content (AvgIpc) is 2.45. The fraction of sp³-hybridized carbons (Fsp3) is 0.562. The Hall–Kier alpha value is -1.46. The summed E-state index contributed by atoms with van der Waals surface area (Å²) >= 11 is 0. The number of carbonyl (C=O) groups excluding carboxylic acids is 1. The molecule has 0 aliphatic carbocycles. The van der Waals surface area contributed by atoms with E-state index in [1.165, 1.54) is 6.07 Å². The van der Waals surface area contributed by atoms with Crippen LogP contribution < -0.4 is 10.6 Å². The van der Waals surface area contributed by atoms with Crippen molar-refractivity contribution in [3.8, 4) is 0 Å². The normalized spacial score (nSPS) is 22.9. The van der Waals surface area contributed by atoms with Gasteiger partial charge in [-0.15, -0.1) is 0 Å². The molecule has 1 amide bonds. The third-order valence-corrected chi connectivity index (χ3v) is 3.91. The molecule has 2 rings (SSSR count). The monoisotopic (exact) mass is 294 g/mol. The highest BCUT2D eigenvalue weighted by atomic mass is 19.1. The Kier molecular flexibility index (Phi) is 4.96. The molecule has 2 atom stereocenters. The van der Waals surface area contributed by atoms with E-state index >= 15 is 0 Å². The van der Waals surface area contributed by atoms with Crippen LogP contribution in [0.25, 0.3) is 0 Å². The first-order chi connectivity index (χ1) is 9.92. The van der Waals surface area contributed by atoms with Gasteiger partial charge in [-0.25, -0.2) is 4.39 Å². The van der Waals surface area contributed by atoms with Crippen LogP contribution in [0, 0.1) is 5.82 Å². The molecule has 0 bridgehead atoms. The van der Waals surface area contributed by atoms with Gasteiger partial charge in [0.15, 0.2) is 0 Å². The molecule has 1 aromatic carbocycles. The number of morpholine rings is 1. The molecule has 5 heteroatoms. The van der Waals surface area contributed by atoms with E-state index in [9.17, 15) is 9.18 Å².